The minimum Gasteiger partial charge on any atom is -0.481 e. The predicted octanol–water partition coefficient (Wildman–Crippen LogP) is 3.01. The summed E-state index contributed by atoms with van der Waals surface area (Å²) < 4.78 is 77.1. The number of fused-ring (bicyclic) bond motifs is 1. The summed E-state index contributed by atoms with van der Waals surface area (Å²) in [5.74, 6) is 0.157. The Morgan fingerprint density at radius 2 is 1.94 bits per heavy atom. The van der Waals surface area contributed by atoms with Gasteiger partial charge >= 0.3 is 6.18 Å². The molecule has 3 aromatic rings. The maximum atomic E-state index is 13.0. The summed E-state index contributed by atoms with van der Waals surface area (Å²) >= 11 is 0. The number of nitrogens with zero attached hydrogens (tertiary/aromatic N) is 4. The van der Waals surface area contributed by atoms with E-state index in [1.165, 1.54) is 23.8 Å². The van der Waals surface area contributed by atoms with Crippen LogP contribution < -0.4 is 4.74 Å². The zero-order valence-electron chi connectivity index (χ0n) is 16.9. The number of hydrogen-bond donors (Lipinski definition) is 0. The Kier molecular flexibility index (Phi) is 4.97. The molecule has 8 nitrogen and oxygen atoms in total. The first kappa shape index (κ1) is 21.5. The van der Waals surface area contributed by atoms with Gasteiger partial charge in [0.2, 0.25) is 0 Å². The molecule has 4 rings (SSSR count). The second kappa shape index (κ2) is 7.16. The lowest BCUT2D eigenvalue weighted by molar-refractivity contribution is -0.150. The molecule has 0 aliphatic carbocycles. The van der Waals surface area contributed by atoms with Crippen molar-refractivity contribution in [1.29, 1.82) is 0 Å². The lowest BCUT2D eigenvalue weighted by atomic mass is 10.1. The third-order valence-corrected chi connectivity index (χ3v) is 6.73. The van der Waals surface area contributed by atoms with Crippen LogP contribution in [0, 0.1) is 0 Å². The second-order valence-electron chi connectivity index (χ2n) is 7.52. The molecule has 166 valence electrons. The fourth-order valence-corrected chi connectivity index (χ4v) is 4.28. The molecule has 0 radical (unpaired) electrons. The molecule has 12 heteroatoms. The number of aryl methyl sites for hydroxylation is 1. The van der Waals surface area contributed by atoms with Gasteiger partial charge in [0.15, 0.2) is 21.3 Å². The Bertz CT molecular complexity index is 1270. The molecule has 3 aromatic heterocycles. The fraction of sp³-hybridized carbons (Fsp3) is 0.421. The predicted molar refractivity (Wildman–Crippen MR) is 104 cm³/mol. The quantitative estimate of drug-likeness (QED) is 0.582. The summed E-state index contributed by atoms with van der Waals surface area (Å²) in [5.41, 5.74) is -1.30. The molecule has 0 unspecified atom stereocenters. The maximum absolute atomic E-state index is 13.0. The normalized spacial score (nSPS) is 16.3. The van der Waals surface area contributed by atoms with E-state index in [0.29, 0.717) is 18.7 Å². The van der Waals surface area contributed by atoms with E-state index in [9.17, 15) is 21.6 Å². The van der Waals surface area contributed by atoms with Crippen LogP contribution in [-0.2, 0) is 27.8 Å². The fourth-order valence-electron chi connectivity index (χ4n) is 3.23. The van der Waals surface area contributed by atoms with E-state index in [2.05, 4.69) is 15.0 Å². The summed E-state index contributed by atoms with van der Waals surface area (Å²) in [5, 5.41) is 0. The van der Waals surface area contributed by atoms with Crippen LogP contribution in [0.15, 0.2) is 29.4 Å². The van der Waals surface area contributed by atoms with Gasteiger partial charge in [0, 0.05) is 13.1 Å². The average Bonchev–Trinajstić information content (AvgIpc) is 3.02. The van der Waals surface area contributed by atoms with Gasteiger partial charge in [-0.3, -0.25) is 0 Å². The van der Waals surface area contributed by atoms with Crippen LogP contribution >= 0.6 is 0 Å². The summed E-state index contributed by atoms with van der Waals surface area (Å²) in [4.78, 5) is 11.8. The summed E-state index contributed by atoms with van der Waals surface area (Å²) in [6.45, 7) is 4.05. The van der Waals surface area contributed by atoms with Crippen molar-refractivity contribution >= 4 is 20.9 Å². The van der Waals surface area contributed by atoms with Gasteiger partial charge in [-0.25, -0.2) is 23.4 Å². The first-order valence-electron chi connectivity index (χ1n) is 9.33. The van der Waals surface area contributed by atoms with Crippen LogP contribution in [0.5, 0.6) is 5.75 Å². The van der Waals surface area contributed by atoms with Crippen molar-refractivity contribution in [2.24, 2.45) is 7.05 Å². The molecular weight excluding hydrogens is 437 g/mol. The summed E-state index contributed by atoms with van der Waals surface area (Å²) in [7, 11) is -2.20. The molecule has 4 heterocycles. The van der Waals surface area contributed by atoms with Crippen LogP contribution in [0.3, 0.4) is 0 Å². The van der Waals surface area contributed by atoms with Crippen molar-refractivity contribution in [1.82, 2.24) is 19.5 Å². The van der Waals surface area contributed by atoms with Gasteiger partial charge in [0.25, 0.3) is 0 Å². The van der Waals surface area contributed by atoms with Crippen LogP contribution in [0.4, 0.5) is 13.2 Å². The molecule has 0 amide bonds. The summed E-state index contributed by atoms with van der Waals surface area (Å²) in [6.07, 6.45) is -2.20. The molecule has 0 atom stereocenters. The lowest BCUT2D eigenvalue weighted by Crippen LogP contribution is -2.51. The van der Waals surface area contributed by atoms with E-state index in [4.69, 9.17) is 9.47 Å². The minimum absolute atomic E-state index is 0.0245. The minimum atomic E-state index is -4.62. The Hall–Kier alpha value is -2.73. The largest absolute Gasteiger partial charge is 0.481 e. The molecule has 1 fully saturated rings. The first-order valence-corrected chi connectivity index (χ1v) is 11.0. The second-order valence-corrected chi connectivity index (χ2v) is 9.76. The maximum Gasteiger partial charge on any atom is 0.433 e. The van der Waals surface area contributed by atoms with Crippen molar-refractivity contribution in [3.63, 3.8) is 0 Å². The molecule has 0 aromatic carbocycles. The average molecular weight is 456 g/mol. The number of ether oxygens (including phenoxy) is 2. The van der Waals surface area contributed by atoms with Gasteiger partial charge in [-0.15, -0.1) is 0 Å². The molecule has 1 aliphatic rings. The van der Waals surface area contributed by atoms with E-state index in [1.807, 2.05) is 6.92 Å². The highest BCUT2D eigenvalue weighted by Gasteiger charge is 2.37. The van der Waals surface area contributed by atoms with E-state index in [0.717, 1.165) is 12.3 Å². The highest BCUT2D eigenvalue weighted by molar-refractivity contribution is 7.91. The van der Waals surface area contributed by atoms with E-state index < -0.39 is 27.3 Å². The van der Waals surface area contributed by atoms with Gasteiger partial charge in [0.1, 0.15) is 22.0 Å². The van der Waals surface area contributed by atoms with Crippen molar-refractivity contribution in [2.75, 3.05) is 19.0 Å². The van der Waals surface area contributed by atoms with Crippen LogP contribution in [0.25, 0.3) is 22.6 Å². The third kappa shape index (κ3) is 3.85. The third-order valence-electron chi connectivity index (χ3n) is 4.99. The number of hydrogen-bond acceptors (Lipinski definition) is 7. The van der Waals surface area contributed by atoms with Crippen LogP contribution in [-0.4, -0.2) is 52.5 Å². The molecular formula is C19H19F3N4O4S. The van der Waals surface area contributed by atoms with Crippen LogP contribution in [0.2, 0.25) is 0 Å². The number of sulfone groups is 1. The van der Waals surface area contributed by atoms with Crippen molar-refractivity contribution in [2.45, 2.75) is 30.5 Å². The number of halogens is 3. The van der Waals surface area contributed by atoms with Gasteiger partial charge in [-0.1, -0.05) is 6.92 Å². The highest BCUT2D eigenvalue weighted by Crippen LogP contribution is 2.34. The zero-order chi connectivity index (χ0) is 22.6. The van der Waals surface area contributed by atoms with E-state index in [-0.39, 0.29) is 33.4 Å². The van der Waals surface area contributed by atoms with Gasteiger partial charge in [-0.2, -0.15) is 13.2 Å². The van der Waals surface area contributed by atoms with E-state index >= 15 is 0 Å². The Morgan fingerprint density at radius 3 is 2.52 bits per heavy atom. The first-order chi connectivity index (χ1) is 14.4. The van der Waals surface area contributed by atoms with Crippen molar-refractivity contribution in [3.05, 3.63) is 30.2 Å². The molecule has 0 spiro atoms. The monoisotopic (exact) mass is 456 g/mol. The Labute approximate surface area is 176 Å². The smallest absolute Gasteiger partial charge is 0.433 e. The number of rotatable bonds is 5. The topological polar surface area (TPSA) is 96.2 Å². The molecule has 1 aliphatic heterocycles. The number of aromatic nitrogens is 4. The van der Waals surface area contributed by atoms with Crippen molar-refractivity contribution < 1.29 is 31.1 Å². The number of pyridine rings is 2. The Morgan fingerprint density at radius 1 is 1.23 bits per heavy atom. The number of alkyl halides is 3. The zero-order valence-corrected chi connectivity index (χ0v) is 17.7. The van der Waals surface area contributed by atoms with Crippen LogP contribution in [0.1, 0.15) is 19.5 Å². The van der Waals surface area contributed by atoms with Crippen molar-refractivity contribution in [3.8, 4) is 17.3 Å². The number of imidazole rings is 1. The Balaban J connectivity index is 1.86. The molecule has 0 N–H and O–H groups in total. The van der Waals surface area contributed by atoms with E-state index in [1.54, 1.807) is 7.05 Å². The van der Waals surface area contributed by atoms with Gasteiger partial charge in [-0.05, 0) is 13.0 Å². The molecule has 31 heavy (non-hydrogen) atoms. The highest BCUT2D eigenvalue weighted by atomic mass is 32.2. The van der Waals surface area contributed by atoms with Gasteiger partial charge < -0.3 is 14.0 Å². The molecule has 0 bridgehead atoms. The standard InChI is InChI=1S/C19H19F3N4O4S/c1-4-31(27,28)14-5-11(30-18(2)9-29-10-18)7-24-16(14)17-25-12-6-15(19(20,21)22)23-8-13(12)26(17)3/h5-8H,4,9-10H2,1-3H3. The van der Waals surface area contributed by atoms with Gasteiger partial charge in [0.05, 0.1) is 42.4 Å². The molecule has 1 saturated heterocycles. The summed E-state index contributed by atoms with van der Waals surface area (Å²) in [6, 6.07) is 2.19. The lowest BCUT2D eigenvalue weighted by Gasteiger charge is -2.38. The SMILES string of the molecule is CCS(=O)(=O)c1cc(OC2(C)COC2)cnc1-c1nc2cc(C(F)(F)F)ncc2n1C. The molecule has 0 saturated carbocycles.